The Hall–Kier alpha value is -1.95. The molecule has 1 aliphatic heterocycles. The molecule has 0 spiro atoms. The molecular weight excluding hydrogens is 356 g/mol. The Bertz CT molecular complexity index is 890. The summed E-state index contributed by atoms with van der Waals surface area (Å²) in [5.41, 5.74) is 3.95. The quantitative estimate of drug-likeness (QED) is 0.790. The van der Waals surface area contributed by atoms with Crippen LogP contribution in [0.1, 0.15) is 22.3 Å². The highest BCUT2D eigenvalue weighted by Gasteiger charge is 2.30. The van der Waals surface area contributed by atoms with Crippen molar-refractivity contribution in [1.82, 2.24) is 9.21 Å². The molecule has 0 radical (unpaired) electrons. The molecule has 0 amide bonds. The van der Waals surface area contributed by atoms with E-state index < -0.39 is 10.0 Å². The molecule has 3 rings (SSSR count). The summed E-state index contributed by atoms with van der Waals surface area (Å²) in [7, 11) is -3.44. The molecule has 0 N–H and O–H groups in total. The summed E-state index contributed by atoms with van der Waals surface area (Å²) < 4.78 is 27.9. The number of hydrogen-bond donors (Lipinski definition) is 0. The van der Waals surface area contributed by atoms with Crippen LogP contribution in [0.4, 0.5) is 0 Å². The lowest BCUT2D eigenvalue weighted by Gasteiger charge is -2.34. The van der Waals surface area contributed by atoms with Crippen LogP contribution in [-0.4, -0.2) is 50.3 Å². The average molecular weight is 385 g/mol. The Labute approximate surface area is 163 Å². The minimum absolute atomic E-state index is 0.477. The highest BCUT2D eigenvalue weighted by atomic mass is 32.2. The van der Waals surface area contributed by atoms with Crippen molar-refractivity contribution in [3.8, 4) is 0 Å². The van der Waals surface area contributed by atoms with E-state index in [1.165, 1.54) is 5.56 Å². The van der Waals surface area contributed by atoms with E-state index in [1.807, 2.05) is 51.1 Å². The number of rotatable bonds is 5. The summed E-state index contributed by atoms with van der Waals surface area (Å²) in [4.78, 5) is 2.77. The van der Waals surface area contributed by atoms with Crippen LogP contribution in [0.3, 0.4) is 0 Å². The van der Waals surface area contributed by atoms with Gasteiger partial charge in [-0.3, -0.25) is 4.90 Å². The van der Waals surface area contributed by atoms with E-state index in [9.17, 15) is 8.42 Å². The maximum Gasteiger partial charge on any atom is 0.243 e. The van der Waals surface area contributed by atoms with E-state index in [0.29, 0.717) is 18.0 Å². The fourth-order valence-electron chi connectivity index (χ4n) is 3.76. The summed E-state index contributed by atoms with van der Waals surface area (Å²) in [6, 6.07) is 14.1. The third-order valence-corrected chi connectivity index (χ3v) is 7.21. The zero-order chi connectivity index (χ0) is 19.4. The van der Waals surface area contributed by atoms with Gasteiger partial charge in [-0.1, -0.05) is 60.2 Å². The highest BCUT2D eigenvalue weighted by Crippen LogP contribution is 2.26. The Kier molecular flexibility index (Phi) is 6.15. The van der Waals surface area contributed by atoms with Gasteiger partial charge in [0.15, 0.2) is 0 Å². The van der Waals surface area contributed by atoms with Gasteiger partial charge in [0, 0.05) is 32.7 Å². The second-order valence-corrected chi connectivity index (χ2v) is 9.12. The van der Waals surface area contributed by atoms with Crippen molar-refractivity contribution >= 4 is 16.1 Å². The van der Waals surface area contributed by atoms with Gasteiger partial charge in [-0.15, -0.1) is 0 Å². The third-order valence-electron chi connectivity index (χ3n) is 5.01. The van der Waals surface area contributed by atoms with Crippen molar-refractivity contribution < 1.29 is 8.42 Å². The molecule has 1 fully saturated rings. The van der Waals surface area contributed by atoms with Crippen molar-refractivity contribution in [2.45, 2.75) is 25.7 Å². The van der Waals surface area contributed by atoms with Crippen LogP contribution in [0.15, 0.2) is 53.4 Å². The Morgan fingerprint density at radius 2 is 1.52 bits per heavy atom. The van der Waals surface area contributed by atoms with Gasteiger partial charge in [-0.25, -0.2) is 8.42 Å². The van der Waals surface area contributed by atoms with E-state index in [2.05, 4.69) is 29.2 Å². The molecule has 1 saturated heterocycles. The van der Waals surface area contributed by atoms with Gasteiger partial charge < -0.3 is 0 Å². The second kappa shape index (κ2) is 8.38. The molecule has 4 nitrogen and oxygen atoms in total. The number of sulfonamides is 1. The smallest absolute Gasteiger partial charge is 0.243 e. The molecule has 0 saturated carbocycles. The fraction of sp³-hybridized carbons (Fsp3) is 0.364. The standard InChI is InChI=1S/C22H28N2O2S/c1-18-16-19(2)22(20(3)17-18)27(25,26)24-14-12-23(13-15-24)11-7-10-21-8-5-4-6-9-21/h4-10,16-17H,11-15H2,1-3H3/b10-7-. The average Bonchev–Trinajstić information content (AvgIpc) is 2.62. The molecule has 0 unspecified atom stereocenters. The van der Waals surface area contributed by atoms with Crippen molar-refractivity contribution in [3.05, 3.63) is 70.8 Å². The minimum Gasteiger partial charge on any atom is -0.297 e. The maximum absolute atomic E-state index is 13.1. The molecule has 0 atom stereocenters. The number of piperazine rings is 1. The first-order chi connectivity index (χ1) is 12.9. The summed E-state index contributed by atoms with van der Waals surface area (Å²) in [6.45, 7) is 9.19. The molecular formula is C22H28N2O2S. The first kappa shape index (κ1) is 19.8. The van der Waals surface area contributed by atoms with Gasteiger partial charge in [-0.2, -0.15) is 4.31 Å². The lowest BCUT2D eigenvalue weighted by Crippen LogP contribution is -2.48. The fourth-order valence-corrected chi connectivity index (χ4v) is 5.59. The van der Waals surface area contributed by atoms with E-state index in [0.717, 1.165) is 36.3 Å². The summed E-state index contributed by atoms with van der Waals surface area (Å²) >= 11 is 0. The van der Waals surface area contributed by atoms with Gasteiger partial charge in [0.25, 0.3) is 0 Å². The van der Waals surface area contributed by atoms with E-state index in [4.69, 9.17) is 0 Å². The second-order valence-electron chi connectivity index (χ2n) is 7.25. The predicted molar refractivity (Wildman–Crippen MR) is 111 cm³/mol. The zero-order valence-corrected chi connectivity index (χ0v) is 17.2. The zero-order valence-electron chi connectivity index (χ0n) is 16.4. The largest absolute Gasteiger partial charge is 0.297 e. The molecule has 0 aliphatic carbocycles. The van der Waals surface area contributed by atoms with Gasteiger partial charge in [-0.05, 0) is 37.5 Å². The van der Waals surface area contributed by atoms with Crippen molar-refractivity contribution in [2.75, 3.05) is 32.7 Å². The molecule has 144 valence electrons. The van der Waals surface area contributed by atoms with Crippen molar-refractivity contribution in [1.29, 1.82) is 0 Å². The van der Waals surface area contributed by atoms with E-state index in [1.54, 1.807) is 4.31 Å². The lowest BCUT2D eigenvalue weighted by atomic mass is 10.1. The molecule has 0 bridgehead atoms. The van der Waals surface area contributed by atoms with Crippen LogP contribution < -0.4 is 0 Å². The van der Waals surface area contributed by atoms with Crippen LogP contribution in [0.5, 0.6) is 0 Å². The molecule has 2 aromatic rings. The number of hydrogen-bond acceptors (Lipinski definition) is 3. The third kappa shape index (κ3) is 4.67. The van der Waals surface area contributed by atoms with Crippen LogP contribution >= 0.6 is 0 Å². The molecule has 0 aromatic heterocycles. The molecule has 1 aliphatic rings. The topological polar surface area (TPSA) is 40.6 Å². The Morgan fingerprint density at radius 3 is 2.11 bits per heavy atom. The Balaban J connectivity index is 1.62. The Morgan fingerprint density at radius 1 is 0.926 bits per heavy atom. The highest BCUT2D eigenvalue weighted by molar-refractivity contribution is 7.89. The van der Waals surface area contributed by atoms with E-state index >= 15 is 0 Å². The summed E-state index contributed by atoms with van der Waals surface area (Å²) in [5.74, 6) is 0. The number of benzene rings is 2. The minimum atomic E-state index is -3.44. The lowest BCUT2D eigenvalue weighted by molar-refractivity contribution is 0.204. The van der Waals surface area contributed by atoms with Crippen LogP contribution in [0.25, 0.3) is 6.08 Å². The number of nitrogens with zero attached hydrogens (tertiary/aromatic N) is 2. The van der Waals surface area contributed by atoms with Gasteiger partial charge in [0.05, 0.1) is 4.90 Å². The van der Waals surface area contributed by atoms with Gasteiger partial charge >= 0.3 is 0 Å². The number of aryl methyl sites for hydroxylation is 3. The summed E-state index contributed by atoms with van der Waals surface area (Å²) in [6.07, 6.45) is 4.26. The monoisotopic (exact) mass is 384 g/mol. The molecule has 2 aromatic carbocycles. The molecule has 5 heteroatoms. The predicted octanol–water partition coefficient (Wildman–Crippen LogP) is 3.63. The van der Waals surface area contributed by atoms with Crippen LogP contribution in [-0.2, 0) is 10.0 Å². The van der Waals surface area contributed by atoms with Gasteiger partial charge in [0.1, 0.15) is 0 Å². The SMILES string of the molecule is Cc1cc(C)c(S(=O)(=O)N2CCN(C/C=C\c3ccccc3)CC2)c(C)c1. The normalized spacial score (nSPS) is 16.9. The summed E-state index contributed by atoms with van der Waals surface area (Å²) in [5, 5.41) is 0. The molecule has 27 heavy (non-hydrogen) atoms. The van der Waals surface area contributed by atoms with Crippen LogP contribution in [0, 0.1) is 20.8 Å². The maximum atomic E-state index is 13.1. The first-order valence-corrected chi connectivity index (χ1v) is 10.8. The van der Waals surface area contributed by atoms with Crippen LogP contribution in [0.2, 0.25) is 0 Å². The first-order valence-electron chi connectivity index (χ1n) is 9.40. The van der Waals surface area contributed by atoms with E-state index in [-0.39, 0.29) is 0 Å². The molecule has 1 heterocycles. The van der Waals surface area contributed by atoms with Crippen molar-refractivity contribution in [2.24, 2.45) is 0 Å². The van der Waals surface area contributed by atoms with Gasteiger partial charge in [0.2, 0.25) is 10.0 Å². The van der Waals surface area contributed by atoms with Crippen molar-refractivity contribution in [3.63, 3.8) is 0 Å².